The van der Waals surface area contributed by atoms with E-state index in [2.05, 4.69) is 17.0 Å². The zero-order valence-corrected chi connectivity index (χ0v) is 13.5. The highest BCUT2D eigenvalue weighted by atomic mass is 32.2. The number of sulfonamides is 1. The van der Waals surface area contributed by atoms with Crippen molar-refractivity contribution in [2.24, 2.45) is 0 Å². The Bertz CT molecular complexity index is 524. The van der Waals surface area contributed by atoms with Crippen LogP contribution in [0, 0.1) is 0 Å². The number of anilines is 1. The van der Waals surface area contributed by atoms with Gasteiger partial charge >= 0.3 is 0 Å². The first-order valence-corrected chi connectivity index (χ1v) is 8.04. The van der Waals surface area contributed by atoms with Crippen molar-refractivity contribution in [3.8, 4) is 0 Å². The summed E-state index contributed by atoms with van der Waals surface area (Å²) in [7, 11) is -0.276. The second kappa shape index (κ2) is 6.56. The predicted octanol–water partition coefficient (Wildman–Crippen LogP) is 2.21. The molecule has 1 aromatic carbocycles. The Labute approximate surface area is 121 Å². The van der Waals surface area contributed by atoms with Crippen LogP contribution in [0.1, 0.15) is 27.2 Å². The molecule has 0 heterocycles. The summed E-state index contributed by atoms with van der Waals surface area (Å²) in [6.07, 6.45) is 0.847. The fourth-order valence-electron chi connectivity index (χ4n) is 2.00. The van der Waals surface area contributed by atoms with Crippen molar-refractivity contribution in [3.63, 3.8) is 0 Å². The topological polar surface area (TPSA) is 67.4 Å². The van der Waals surface area contributed by atoms with Crippen LogP contribution >= 0.6 is 0 Å². The van der Waals surface area contributed by atoms with Crippen LogP contribution in [0.2, 0.25) is 0 Å². The van der Waals surface area contributed by atoms with Crippen molar-refractivity contribution in [2.45, 2.75) is 43.7 Å². The van der Waals surface area contributed by atoms with E-state index in [4.69, 9.17) is 4.74 Å². The van der Waals surface area contributed by atoms with Crippen LogP contribution < -0.4 is 10.0 Å². The van der Waals surface area contributed by atoms with Crippen LogP contribution in [0.15, 0.2) is 29.2 Å². The third-order valence-corrected chi connectivity index (χ3v) is 4.63. The highest BCUT2D eigenvalue weighted by Gasteiger charge is 2.20. The highest BCUT2D eigenvalue weighted by molar-refractivity contribution is 7.89. The summed E-state index contributed by atoms with van der Waals surface area (Å²) in [6.45, 7) is 6.14. The molecular weight excluding hydrogens is 276 g/mol. The number of nitrogens with one attached hydrogen (secondary N) is 2. The molecule has 1 unspecified atom stereocenters. The average molecular weight is 300 g/mol. The molecule has 0 fully saturated rings. The van der Waals surface area contributed by atoms with E-state index >= 15 is 0 Å². The molecular formula is C14H24N2O3S. The number of ether oxygens (including phenoxy) is 1. The summed E-state index contributed by atoms with van der Waals surface area (Å²) in [5, 5.41) is 3.33. The molecule has 114 valence electrons. The van der Waals surface area contributed by atoms with Gasteiger partial charge in [0, 0.05) is 18.8 Å². The monoisotopic (exact) mass is 300 g/mol. The van der Waals surface area contributed by atoms with Crippen LogP contribution in [-0.4, -0.2) is 34.2 Å². The summed E-state index contributed by atoms with van der Waals surface area (Å²) in [4.78, 5) is 0.260. The lowest BCUT2D eigenvalue weighted by atomic mass is 10.00. The van der Waals surface area contributed by atoms with E-state index in [1.54, 1.807) is 31.4 Å². The van der Waals surface area contributed by atoms with Crippen molar-refractivity contribution >= 4 is 15.7 Å². The second-order valence-electron chi connectivity index (χ2n) is 5.45. The minimum atomic E-state index is -3.37. The molecule has 0 amide bonds. The van der Waals surface area contributed by atoms with Gasteiger partial charge in [0.1, 0.15) is 0 Å². The van der Waals surface area contributed by atoms with Crippen LogP contribution in [0.5, 0.6) is 0 Å². The Morgan fingerprint density at radius 3 is 2.25 bits per heavy atom. The maximum absolute atomic E-state index is 11.6. The normalized spacial score (nSPS) is 14.1. The molecule has 0 aliphatic carbocycles. The van der Waals surface area contributed by atoms with Crippen LogP contribution in [-0.2, 0) is 14.8 Å². The van der Waals surface area contributed by atoms with E-state index in [1.807, 2.05) is 13.8 Å². The van der Waals surface area contributed by atoms with Crippen molar-refractivity contribution in [3.05, 3.63) is 24.3 Å². The van der Waals surface area contributed by atoms with Gasteiger partial charge in [-0.1, -0.05) is 0 Å². The molecule has 2 N–H and O–H groups in total. The quantitative estimate of drug-likeness (QED) is 0.810. The zero-order chi connectivity index (χ0) is 15.4. The molecule has 0 spiro atoms. The van der Waals surface area contributed by atoms with Gasteiger partial charge < -0.3 is 10.1 Å². The molecule has 0 aliphatic rings. The lowest BCUT2D eigenvalue weighted by Gasteiger charge is -2.27. The Balaban J connectivity index is 2.71. The van der Waals surface area contributed by atoms with Gasteiger partial charge in [0.25, 0.3) is 0 Å². The number of rotatable bonds is 7. The van der Waals surface area contributed by atoms with Crippen molar-refractivity contribution in [2.75, 3.05) is 19.5 Å². The molecule has 0 aromatic heterocycles. The Morgan fingerprint density at radius 1 is 1.25 bits per heavy atom. The van der Waals surface area contributed by atoms with Crippen molar-refractivity contribution in [1.29, 1.82) is 0 Å². The van der Waals surface area contributed by atoms with E-state index in [0.29, 0.717) is 0 Å². The average Bonchev–Trinajstić information content (AvgIpc) is 2.38. The van der Waals surface area contributed by atoms with Gasteiger partial charge in [-0.05, 0) is 58.5 Å². The van der Waals surface area contributed by atoms with Gasteiger partial charge in [0.15, 0.2) is 0 Å². The van der Waals surface area contributed by atoms with Crippen LogP contribution in [0.25, 0.3) is 0 Å². The fraction of sp³-hybridized carbons (Fsp3) is 0.571. The van der Waals surface area contributed by atoms with Gasteiger partial charge in [-0.25, -0.2) is 13.1 Å². The fourth-order valence-corrected chi connectivity index (χ4v) is 2.73. The molecule has 1 aromatic rings. The molecule has 6 heteroatoms. The summed E-state index contributed by atoms with van der Waals surface area (Å²) in [6, 6.07) is 6.92. The second-order valence-corrected chi connectivity index (χ2v) is 7.33. The van der Waals surface area contributed by atoms with Crippen LogP contribution in [0.4, 0.5) is 5.69 Å². The molecule has 0 saturated heterocycles. The Hall–Kier alpha value is -1.11. The van der Waals surface area contributed by atoms with E-state index in [0.717, 1.165) is 12.1 Å². The zero-order valence-electron chi connectivity index (χ0n) is 12.7. The number of hydrogen-bond donors (Lipinski definition) is 2. The van der Waals surface area contributed by atoms with Crippen molar-refractivity contribution in [1.82, 2.24) is 4.72 Å². The van der Waals surface area contributed by atoms with E-state index in [-0.39, 0.29) is 16.5 Å². The molecule has 1 rings (SSSR count). The molecule has 0 aliphatic heterocycles. The number of hydrogen-bond acceptors (Lipinski definition) is 4. The molecule has 20 heavy (non-hydrogen) atoms. The van der Waals surface area contributed by atoms with Gasteiger partial charge in [0.05, 0.1) is 10.5 Å². The van der Waals surface area contributed by atoms with Gasteiger partial charge in [0.2, 0.25) is 10.0 Å². The number of benzene rings is 1. The summed E-state index contributed by atoms with van der Waals surface area (Å²) < 4.78 is 30.9. The minimum absolute atomic E-state index is 0.193. The van der Waals surface area contributed by atoms with E-state index < -0.39 is 10.0 Å². The first-order chi connectivity index (χ1) is 9.20. The first-order valence-electron chi connectivity index (χ1n) is 6.55. The van der Waals surface area contributed by atoms with Gasteiger partial charge in [-0.3, -0.25) is 0 Å². The predicted molar refractivity (Wildman–Crippen MR) is 81.5 cm³/mol. The highest BCUT2D eigenvalue weighted by Crippen LogP contribution is 2.19. The first kappa shape index (κ1) is 16.9. The molecule has 5 nitrogen and oxygen atoms in total. The van der Waals surface area contributed by atoms with Gasteiger partial charge in [-0.2, -0.15) is 0 Å². The standard InChI is InChI=1S/C14H24N2O3S/c1-11(10-14(2,3)19-5)16-12-6-8-13(9-7-12)20(17,18)15-4/h6-9,11,15-16H,10H2,1-5H3. The Morgan fingerprint density at radius 2 is 1.80 bits per heavy atom. The molecule has 0 saturated carbocycles. The maximum atomic E-state index is 11.6. The van der Waals surface area contributed by atoms with Gasteiger partial charge in [-0.15, -0.1) is 0 Å². The molecule has 0 radical (unpaired) electrons. The third kappa shape index (κ3) is 4.77. The Kier molecular flexibility index (Phi) is 5.56. The summed E-state index contributed by atoms with van der Waals surface area (Å²) in [5.41, 5.74) is 0.696. The summed E-state index contributed by atoms with van der Waals surface area (Å²) in [5.74, 6) is 0. The van der Waals surface area contributed by atoms with E-state index in [9.17, 15) is 8.42 Å². The van der Waals surface area contributed by atoms with Crippen molar-refractivity contribution < 1.29 is 13.2 Å². The van der Waals surface area contributed by atoms with Crippen LogP contribution in [0.3, 0.4) is 0 Å². The summed E-state index contributed by atoms with van der Waals surface area (Å²) >= 11 is 0. The van der Waals surface area contributed by atoms with E-state index in [1.165, 1.54) is 7.05 Å². The molecule has 0 bridgehead atoms. The minimum Gasteiger partial charge on any atom is -0.382 e. The largest absolute Gasteiger partial charge is 0.382 e. The SMILES string of the molecule is CNS(=O)(=O)c1ccc(NC(C)CC(C)(C)OC)cc1. The lowest BCUT2D eigenvalue weighted by molar-refractivity contribution is 0.0128. The maximum Gasteiger partial charge on any atom is 0.240 e. The lowest BCUT2D eigenvalue weighted by Crippen LogP contribution is -2.31. The third-order valence-electron chi connectivity index (χ3n) is 3.20. The molecule has 1 atom stereocenters. The number of methoxy groups -OCH3 is 1. The smallest absolute Gasteiger partial charge is 0.240 e.